The summed E-state index contributed by atoms with van der Waals surface area (Å²) in [4.78, 5) is 23.5. The molecule has 1 aromatic heterocycles. The van der Waals surface area contributed by atoms with E-state index in [0.29, 0.717) is 30.3 Å². The van der Waals surface area contributed by atoms with Gasteiger partial charge in [-0.1, -0.05) is 0 Å². The molecule has 1 aromatic rings. The Kier molecular flexibility index (Phi) is 4.79. The number of carbonyl (C=O) groups excluding carboxylic acids is 2. The van der Waals surface area contributed by atoms with Crippen LogP contribution in [-0.4, -0.2) is 43.3 Å². The van der Waals surface area contributed by atoms with Crippen molar-refractivity contribution in [2.75, 3.05) is 26.9 Å². The van der Waals surface area contributed by atoms with Crippen molar-refractivity contribution in [2.45, 2.75) is 12.8 Å². The molecule has 1 aliphatic rings. The molecule has 1 saturated heterocycles. The number of aromatic nitrogens is 1. The van der Waals surface area contributed by atoms with Gasteiger partial charge in [0, 0.05) is 26.4 Å². The van der Waals surface area contributed by atoms with Crippen LogP contribution < -0.4 is 5.32 Å². The van der Waals surface area contributed by atoms with Crippen LogP contribution in [0.25, 0.3) is 0 Å². The Bertz CT molecular complexity index is 489. The normalized spacial score (nSPS) is 18.6. The first-order valence-electron chi connectivity index (χ1n) is 6.72. The van der Waals surface area contributed by atoms with E-state index >= 15 is 0 Å². The number of nitrogens with zero attached hydrogens (tertiary/aromatic N) is 1. The number of esters is 1. The molecule has 1 atom stereocenters. The van der Waals surface area contributed by atoms with Crippen molar-refractivity contribution in [3.05, 3.63) is 23.5 Å². The minimum atomic E-state index is -0.452. The first-order valence-corrected chi connectivity index (χ1v) is 6.72. The fourth-order valence-corrected chi connectivity index (χ4v) is 2.30. The van der Waals surface area contributed by atoms with Gasteiger partial charge in [0.1, 0.15) is 5.69 Å². The first kappa shape index (κ1) is 14.6. The number of methoxy groups -OCH3 is 1. The van der Waals surface area contributed by atoms with Gasteiger partial charge in [-0.2, -0.15) is 0 Å². The van der Waals surface area contributed by atoms with Crippen molar-refractivity contribution in [3.63, 3.8) is 0 Å². The van der Waals surface area contributed by atoms with Crippen molar-refractivity contribution in [3.8, 4) is 0 Å². The van der Waals surface area contributed by atoms with E-state index < -0.39 is 5.97 Å². The lowest BCUT2D eigenvalue weighted by atomic mass is 10.0. The highest BCUT2D eigenvalue weighted by Crippen LogP contribution is 2.13. The predicted octanol–water partition coefficient (Wildman–Crippen LogP) is 0.968. The Labute approximate surface area is 118 Å². The van der Waals surface area contributed by atoms with E-state index in [1.807, 2.05) is 0 Å². The SMILES string of the molecule is COC(=O)c1cc(C(=O)NC[C@H]2CCCOC2)cn1C. The molecule has 0 bridgehead atoms. The Morgan fingerprint density at radius 1 is 1.55 bits per heavy atom. The van der Waals surface area contributed by atoms with Crippen LogP contribution >= 0.6 is 0 Å². The zero-order valence-electron chi connectivity index (χ0n) is 11.8. The number of nitrogens with one attached hydrogen (secondary N) is 1. The zero-order chi connectivity index (χ0) is 14.5. The number of ether oxygens (including phenoxy) is 2. The molecule has 6 heteroatoms. The largest absolute Gasteiger partial charge is 0.464 e. The van der Waals surface area contributed by atoms with Crippen molar-refractivity contribution in [1.82, 2.24) is 9.88 Å². The third-order valence-corrected chi connectivity index (χ3v) is 3.47. The highest BCUT2D eigenvalue weighted by Gasteiger charge is 2.18. The van der Waals surface area contributed by atoms with E-state index in [2.05, 4.69) is 10.1 Å². The summed E-state index contributed by atoms with van der Waals surface area (Å²) in [6, 6.07) is 1.54. The molecule has 110 valence electrons. The molecule has 1 N–H and O–H groups in total. The quantitative estimate of drug-likeness (QED) is 0.834. The molecule has 0 aromatic carbocycles. The number of hydrogen-bond acceptors (Lipinski definition) is 4. The lowest BCUT2D eigenvalue weighted by Crippen LogP contribution is -2.33. The molecule has 6 nitrogen and oxygen atoms in total. The van der Waals surface area contributed by atoms with Gasteiger partial charge in [-0.25, -0.2) is 4.79 Å². The maximum atomic E-state index is 12.0. The third-order valence-electron chi connectivity index (χ3n) is 3.47. The van der Waals surface area contributed by atoms with E-state index in [1.54, 1.807) is 23.9 Å². The Morgan fingerprint density at radius 3 is 3.00 bits per heavy atom. The molecule has 1 amide bonds. The molecule has 2 rings (SSSR count). The van der Waals surface area contributed by atoms with Gasteiger partial charge in [0.25, 0.3) is 5.91 Å². The van der Waals surface area contributed by atoms with E-state index in [4.69, 9.17) is 4.74 Å². The summed E-state index contributed by atoms with van der Waals surface area (Å²) in [7, 11) is 3.02. The van der Waals surface area contributed by atoms with Gasteiger partial charge in [0.2, 0.25) is 0 Å². The number of rotatable bonds is 4. The van der Waals surface area contributed by atoms with Crippen LogP contribution in [0.4, 0.5) is 0 Å². The fraction of sp³-hybridized carbons (Fsp3) is 0.571. The minimum Gasteiger partial charge on any atom is -0.464 e. The highest BCUT2D eigenvalue weighted by molar-refractivity contribution is 5.97. The fourth-order valence-electron chi connectivity index (χ4n) is 2.30. The number of hydrogen-bond donors (Lipinski definition) is 1. The molecule has 20 heavy (non-hydrogen) atoms. The third kappa shape index (κ3) is 3.39. The molecule has 0 spiro atoms. The Hall–Kier alpha value is -1.82. The zero-order valence-corrected chi connectivity index (χ0v) is 11.8. The van der Waals surface area contributed by atoms with Crippen molar-refractivity contribution in [1.29, 1.82) is 0 Å². The van der Waals surface area contributed by atoms with Gasteiger partial charge in [0.05, 0.1) is 19.3 Å². The number of amides is 1. The second-order valence-electron chi connectivity index (χ2n) is 5.01. The second kappa shape index (κ2) is 6.56. The van der Waals surface area contributed by atoms with Crippen LogP contribution in [-0.2, 0) is 16.5 Å². The van der Waals surface area contributed by atoms with Crippen LogP contribution in [0.1, 0.15) is 33.7 Å². The van der Waals surface area contributed by atoms with Crippen LogP contribution in [0.2, 0.25) is 0 Å². The second-order valence-corrected chi connectivity index (χ2v) is 5.01. The summed E-state index contributed by atoms with van der Waals surface area (Å²) in [5, 5.41) is 2.88. The molecule has 2 heterocycles. The summed E-state index contributed by atoms with van der Waals surface area (Å²) in [6.07, 6.45) is 3.74. The van der Waals surface area contributed by atoms with Crippen LogP contribution in [0.5, 0.6) is 0 Å². The molecule has 1 fully saturated rings. The number of carbonyl (C=O) groups is 2. The smallest absolute Gasteiger partial charge is 0.354 e. The van der Waals surface area contributed by atoms with Crippen molar-refractivity contribution < 1.29 is 19.1 Å². The summed E-state index contributed by atoms with van der Waals surface area (Å²) in [6.45, 7) is 2.11. The number of aryl methyl sites for hydroxylation is 1. The average molecular weight is 280 g/mol. The molecular weight excluding hydrogens is 260 g/mol. The topological polar surface area (TPSA) is 69.6 Å². The summed E-state index contributed by atoms with van der Waals surface area (Å²) < 4.78 is 11.6. The van der Waals surface area contributed by atoms with Gasteiger partial charge >= 0.3 is 5.97 Å². The van der Waals surface area contributed by atoms with Crippen molar-refractivity contribution >= 4 is 11.9 Å². The molecule has 0 unspecified atom stereocenters. The summed E-state index contributed by atoms with van der Waals surface area (Å²) >= 11 is 0. The van der Waals surface area contributed by atoms with Crippen molar-refractivity contribution in [2.24, 2.45) is 13.0 Å². The average Bonchev–Trinajstić information content (AvgIpc) is 2.87. The maximum Gasteiger partial charge on any atom is 0.354 e. The van der Waals surface area contributed by atoms with Gasteiger partial charge in [-0.05, 0) is 24.8 Å². The molecule has 1 aliphatic heterocycles. The lowest BCUT2D eigenvalue weighted by molar-refractivity contribution is 0.0536. The van der Waals surface area contributed by atoms with E-state index in [0.717, 1.165) is 19.4 Å². The Balaban J connectivity index is 1.93. The standard InChI is InChI=1S/C14H20N2O4/c1-16-8-11(6-12(16)14(18)19-2)13(17)15-7-10-4-3-5-20-9-10/h6,8,10H,3-5,7,9H2,1-2H3,(H,15,17)/t10-/m1/s1. The van der Waals surface area contributed by atoms with E-state index in [9.17, 15) is 9.59 Å². The first-order chi connectivity index (χ1) is 9.61. The molecule has 0 saturated carbocycles. The van der Waals surface area contributed by atoms with Gasteiger partial charge in [0.15, 0.2) is 0 Å². The van der Waals surface area contributed by atoms with Gasteiger partial charge in [-0.3, -0.25) is 4.79 Å². The van der Waals surface area contributed by atoms with Gasteiger partial charge < -0.3 is 19.4 Å². The van der Waals surface area contributed by atoms with Crippen LogP contribution in [0.15, 0.2) is 12.3 Å². The Morgan fingerprint density at radius 2 is 2.35 bits per heavy atom. The van der Waals surface area contributed by atoms with Crippen LogP contribution in [0.3, 0.4) is 0 Å². The van der Waals surface area contributed by atoms with Gasteiger partial charge in [-0.15, -0.1) is 0 Å². The molecule has 0 radical (unpaired) electrons. The predicted molar refractivity (Wildman–Crippen MR) is 72.6 cm³/mol. The van der Waals surface area contributed by atoms with Crippen LogP contribution in [0, 0.1) is 5.92 Å². The molecular formula is C14H20N2O4. The maximum absolute atomic E-state index is 12.0. The highest BCUT2D eigenvalue weighted by atomic mass is 16.5. The summed E-state index contributed by atoms with van der Waals surface area (Å²) in [5.41, 5.74) is 0.822. The lowest BCUT2D eigenvalue weighted by Gasteiger charge is -2.22. The van der Waals surface area contributed by atoms with E-state index in [1.165, 1.54) is 7.11 Å². The van der Waals surface area contributed by atoms with E-state index in [-0.39, 0.29) is 5.91 Å². The molecule has 0 aliphatic carbocycles. The minimum absolute atomic E-state index is 0.179. The summed E-state index contributed by atoms with van der Waals surface area (Å²) in [5.74, 6) is -0.259. The monoisotopic (exact) mass is 280 g/mol.